The Balaban J connectivity index is 2.40. The third kappa shape index (κ3) is 4.80. The summed E-state index contributed by atoms with van der Waals surface area (Å²) in [6.45, 7) is 3.92. The topological polar surface area (TPSA) is 42.4 Å². The van der Waals surface area contributed by atoms with Gasteiger partial charge in [-0.15, -0.1) is 0 Å². The molecular formula is C18H19BrClNO2. The summed E-state index contributed by atoms with van der Waals surface area (Å²) >= 11 is 9.61. The molecule has 0 aliphatic rings. The van der Waals surface area contributed by atoms with Gasteiger partial charge < -0.3 is 9.84 Å². The number of aliphatic hydroxyl groups is 1. The van der Waals surface area contributed by atoms with Crippen LogP contribution in [0.1, 0.15) is 19.4 Å². The van der Waals surface area contributed by atoms with E-state index in [1.807, 2.05) is 38.1 Å². The van der Waals surface area contributed by atoms with Gasteiger partial charge >= 0.3 is 0 Å². The summed E-state index contributed by atoms with van der Waals surface area (Å²) in [4.78, 5) is 4.09. The lowest BCUT2D eigenvalue weighted by Crippen LogP contribution is -2.34. The maximum atomic E-state index is 10.8. The van der Waals surface area contributed by atoms with Crippen LogP contribution in [0.3, 0.4) is 0 Å². The average molecular weight is 397 g/mol. The minimum atomic E-state index is -0.807. The van der Waals surface area contributed by atoms with Gasteiger partial charge in [0.05, 0.1) is 5.02 Å². The molecule has 3 nitrogen and oxygen atoms in total. The Bertz CT molecular complexity index is 674. The molecule has 1 aromatic carbocycles. The molecule has 1 heterocycles. The normalized spacial score (nSPS) is 13.7. The number of alkyl halides is 1. The molecule has 0 bridgehead atoms. The van der Waals surface area contributed by atoms with Crippen LogP contribution in [-0.4, -0.2) is 21.5 Å². The molecule has 0 amide bonds. The first-order valence-corrected chi connectivity index (χ1v) is 8.72. The minimum Gasteiger partial charge on any atom is -0.457 e. The van der Waals surface area contributed by atoms with E-state index in [4.69, 9.17) is 16.3 Å². The molecule has 23 heavy (non-hydrogen) atoms. The number of hydrogen-bond acceptors (Lipinski definition) is 3. The Labute approximate surface area is 150 Å². The molecule has 1 N–H and O–H groups in total. The molecule has 0 aliphatic carbocycles. The predicted octanol–water partition coefficient (Wildman–Crippen LogP) is 4.94. The fourth-order valence-corrected chi connectivity index (χ4v) is 2.38. The first-order chi connectivity index (χ1) is 10.9. The maximum Gasteiger partial charge on any atom is 0.145 e. The highest BCUT2D eigenvalue weighted by Crippen LogP contribution is 2.33. The summed E-state index contributed by atoms with van der Waals surface area (Å²) in [6.07, 6.45) is 4.39. The highest BCUT2D eigenvalue weighted by Gasteiger charge is 2.31. The van der Waals surface area contributed by atoms with Crippen LogP contribution in [0.25, 0.3) is 6.08 Å². The molecule has 0 spiro atoms. The van der Waals surface area contributed by atoms with Gasteiger partial charge in [0.15, 0.2) is 0 Å². The maximum absolute atomic E-state index is 10.8. The van der Waals surface area contributed by atoms with E-state index >= 15 is 0 Å². The number of para-hydroxylation sites is 1. The Kier molecular flexibility index (Phi) is 6.22. The smallest absolute Gasteiger partial charge is 0.145 e. The van der Waals surface area contributed by atoms with Crippen LogP contribution in [-0.2, 0) is 0 Å². The summed E-state index contributed by atoms with van der Waals surface area (Å²) in [5.74, 6) is 0.935. The number of pyridine rings is 1. The average Bonchev–Trinajstić information content (AvgIpc) is 2.56. The molecule has 0 aliphatic heterocycles. The van der Waals surface area contributed by atoms with Crippen molar-refractivity contribution in [3.05, 3.63) is 65.1 Å². The van der Waals surface area contributed by atoms with Crippen LogP contribution < -0.4 is 4.74 Å². The molecule has 0 radical (unpaired) electrons. The number of ether oxygens (including phenoxy) is 1. The molecule has 1 aromatic heterocycles. The molecule has 1 atom stereocenters. The van der Waals surface area contributed by atoms with Crippen molar-refractivity contribution in [2.24, 2.45) is 5.41 Å². The van der Waals surface area contributed by atoms with E-state index in [0.717, 1.165) is 5.56 Å². The number of halogens is 2. The van der Waals surface area contributed by atoms with E-state index in [1.54, 1.807) is 30.6 Å². The monoisotopic (exact) mass is 395 g/mol. The second-order valence-electron chi connectivity index (χ2n) is 5.89. The van der Waals surface area contributed by atoms with Crippen molar-refractivity contribution in [2.75, 3.05) is 5.33 Å². The van der Waals surface area contributed by atoms with Crippen LogP contribution in [0.4, 0.5) is 0 Å². The lowest BCUT2D eigenvalue weighted by atomic mass is 9.87. The Morgan fingerprint density at radius 1 is 1.35 bits per heavy atom. The molecule has 2 aromatic rings. The van der Waals surface area contributed by atoms with E-state index in [2.05, 4.69) is 20.9 Å². The third-order valence-electron chi connectivity index (χ3n) is 3.41. The number of nitrogens with zero attached hydrogens (tertiary/aromatic N) is 1. The van der Waals surface area contributed by atoms with E-state index < -0.39 is 11.5 Å². The third-order valence-corrected chi connectivity index (χ3v) is 5.17. The van der Waals surface area contributed by atoms with Crippen molar-refractivity contribution in [2.45, 2.75) is 20.0 Å². The second-order valence-corrected chi connectivity index (χ2v) is 6.86. The zero-order chi connectivity index (χ0) is 16.9. The summed E-state index contributed by atoms with van der Waals surface area (Å²) in [5.41, 5.74) is 0.439. The molecular weight excluding hydrogens is 378 g/mol. The molecule has 0 saturated heterocycles. The number of aromatic nitrogens is 1. The fraction of sp³-hybridized carbons (Fsp3) is 0.278. The van der Waals surface area contributed by atoms with Crippen LogP contribution in [0.2, 0.25) is 5.02 Å². The van der Waals surface area contributed by atoms with Gasteiger partial charge in [-0.25, -0.2) is 0 Å². The highest BCUT2D eigenvalue weighted by molar-refractivity contribution is 9.09. The van der Waals surface area contributed by atoms with Gasteiger partial charge in [0.2, 0.25) is 0 Å². The van der Waals surface area contributed by atoms with Crippen molar-refractivity contribution in [1.29, 1.82) is 0 Å². The summed E-state index contributed by atoms with van der Waals surface area (Å²) in [5, 5.41) is 11.9. The first-order valence-electron chi connectivity index (χ1n) is 7.22. The number of aliphatic hydroxyl groups excluding tert-OH is 1. The Morgan fingerprint density at radius 3 is 2.70 bits per heavy atom. The van der Waals surface area contributed by atoms with Crippen LogP contribution in [0.5, 0.6) is 5.75 Å². The van der Waals surface area contributed by atoms with Crippen molar-refractivity contribution in [1.82, 2.24) is 4.98 Å². The van der Waals surface area contributed by atoms with Crippen LogP contribution >= 0.6 is 27.5 Å². The highest BCUT2D eigenvalue weighted by atomic mass is 79.9. The summed E-state index contributed by atoms with van der Waals surface area (Å²) in [7, 11) is 0. The number of benzene rings is 1. The molecule has 1 unspecified atom stereocenters. The zero-order valence-corrected chi connectivity index (χ0v) is 15.4. The van der Waals surface area contributed by atoms with Crippen LogP contribution in [0.15, 0.2) is 54.6 Å². The van der Waals surface area contributed by atoms with E-state index in [0.29, 0.717) is 21.9 Å². The first kappa shape index (κ1) is 18.0. The lowest BCUT2D eigenvalue weighted by Gasteiger charge is -2.30. The molecule has 2 rings (SSSR count). The molecule has 5 heteroatoms. The van der Waals surface area contributed by atoms with Gasteiger partial charge in [-0.2, -0.15) is 0 Å². The Hall–Kier alpha value is -1.36. The molecule has 0 saturated carbocycles. The SMILES string of the molecule is CC(C)(CBr)C(O)/C(=C/c1cccnc1)Oc1ccccc1Cl. The van der Waals surface area contributed by atoms with Gasteiger partial charge in [0.1, 0.15) is 17.6 Å². The molecule has 122 valence electrons. The fourth-order valence-electron chi connectivity index (χ4n) is 1.90. The van der Waals surface area contributed by atoms with Gasteiger partial charge in [-0.1, -0.05) is 59.6 Å². The predicted molar refractivity (Wildman–Crippen MR) is 97.9 cm³/mol. The molecule has 0 fully saturated rings. The van der Waals surface area contributed by atoms with E-state index in [9.17, 15) is 5.11 Å². The zero-order valence-electron chi connectivity index (χ0n) is 13.0. The summed E-state index contributed by atoms with van der Waals surface area (Å²) in [6, 6.07) is 10.9. The van der Waals surface area contributed by atoms with E-state index in [1.165, 1.54) is 0 Å². The van der Waals surface area contributed by atoms with Gasteiger partial charge in [-0.05, 0) is 29.8 Å². The largest absolute Gasteiger partial charge is 0.457 e. The van der Waals surface area contributed by atoms with Crippen molar-refractivity contribution in [3.8, 4) is 5.75 Å². The van der Waals surface area contributed by atoms with Crippen molar-refractivity contribution >= 4 is 33.6 Å². The van der Waals surface area contributed by atoms with Gasteiger partial charge in [0, 0.05) is 23.1 Å². The van der Waals surface area contributed by atoms with Gasteiger partial charge in [0.25, 0.3) is 0 Å². The van der Waals surface area contributed by atoms with Crippen LogP contribution in [0, 0.1) is 5.41 Å². The lowest BCUT2D eigenvalue weighted by molar-refractivity contribution is 0.0678. The summed E-state index contributed by atoms with van der Waals surface area (Å²) < 4.78 is 5.93. The Morgan fingerprint density at radius 2 is 2.09 bits per heavy atom. The van der Waals surface area contributed by atoms with Gasteiger partial charge in [-0.3, -0.25) is 4.98 Å². The van der Waals surface area contributed by atoms with Crippen molar-refractivity contribution < 1.29 is 9.84 Å². The van der Waals surface area contributed by atoms with Crippen molar-refractivity contribution in [3.63, 3.8) is 0 Å². The minimum absolute atomic E-state index is 0.407. The number of hydrogen-bond donors (Lipinski definition) is 1. The quantitative estimate of drug-likeness (QED) is 0.555. The second kappa shape index (κ2) is 7.95. The van der Waals surface area contributed by atoms with E-state index in [-0.39, 0.29) is 0 Å². The standard InChI is InChI=1S/C18H19BrClNO2/c1-18(2,12-19)17(22)16(10-13-6-5-9-21-11-13)23-15-8-4-3-7-14(15)20/h3-11,17,22H,12H2,1-2H3/b16-10-. The number of rotatable bonds is 6.